The number of rotatable bonds is 8. The van der Waals surface area contributed by atoms with Crippen molar-refractivity contribution in [3.63, 3.8) is 0 Å². The highest BCUT2D eigenvalue weighted by molar-refractivity contribution is 6.30. The van der Waals surface area contributed by atoms with Crippen molar-refractivity contribution in [3.05, 3.63) is 28.8 Å². The predicted octanol–water partition coefficient (Wildman–Crippen LogP) is 3.48. The van der Waals surface area contributed by atoms with E-state index in [-0.39, 0.29) is 6.04 Å². The van der Waals surface area contributed by atoms with Crippen molar-refractivity contribution in [1.82, 2.24) is 0 Å². The second kappa shape index (κ2) is 8.50. The second-order valence-corrected chi connectivity index (χ2v) is 5.83. The first-order valence-corrected chi connectivity index (χ1v) is 7.67. The molecule has 2 N–H and O–H groups in total. The maximum Gasteiger partial charge on any atom is 0.0637 e. The van der Waals surface area contributed by atoms with E-state index in [1.165, 1.54) is 11.3 Å². The number of hydrogen-bond acceptors (Lipinski definition) is 3. The number of nitrogens with zero attached hydrogens (tertiary/aromatic N) is 1. The van der Waals surface area contributed by atoms with Crippen molar-refractivity contribution in [2.45, 2.75) is 45.7 Å². The Kier molecular flexibility index (Phi) is 7.35. The molecule has 3 nitrogen and oxygen atoms in total. The van der Waals surface area contributed by atoms with Gasteiger partial charge >= 0.3 is 0 Å². The van der Waals surface area contributed by atoms with E-state index in [1.807, 2.05) is 19.1 Å². The predicted molar refractivity (Wildman–Crippen MR) is 87.8 cm³/mol. The van der Waals surface area contributed by atoms with Gasteiger partial charge in [0, 0.05) is 36.4 Å². The summed E-state index contributed by atoms with van der Waals surface area (Å²) >= 11 is 6.14. The molecular weight excluding hydrogens is 272 g/mol. The highest BCUT2D eigenvalue weighted by Crippen LogP contribution is 2.27. The average Bonchev–Trinajstić information content (AvgIpc) is 2.40. The minimum Gasteiger partial charge on any atom is -0.383 e. The Morgan fingerprint density at radius 1 is 1.35 bits per heavy atom. The van der Waals surface area contributed by atoms with Crippen molar-refractivity contribution in [1.29, 1.82) is 0 Å². The van der Waals surface area contributed by atoms with Crippen LogP contribution in [-0.4, -0.2) is 32.3 Å². The van der Waals surface area contributed by atoms with Crippen molar-refractivity contribution in [3.8, 4) is 0 Å². The molecule has 114 valence electrons. The maximum atomic E-state index is 6.14. The first-order chi connectivity index (χ1) is 9.49. The zero-order chi connectivity index (χ0) is 15.1. The quantitative estimate of drug-likeness (QED) is 0.798. The number of methoxy groups -OCH3 is 1. The van der Waals surface area contributed by atoms with Gasteiger partial charge < -0.3 is 15.4 Å². The molecule has 0 saturated heterocycles. The van der Waals surface area contributed by atoms with Gasteiger partial charge in [-0.1, -0.05) is 18.5 Å². The average molecular weight is 299 g/mol. The summed E-state index contributed by atoms with van der Waals surface area (Å²) in [4.78, 5) is 2.39. The van der Waals surface area contributed by atoms with Gasteiger partial charge in [0.1, 0.15) is 0 Å². The second-order valence-electron chi connectivity index (χ2n) is 5.40. The summed E-state index contributed by atoms with van der Waals surface area (Å²) in [7, 11) is 1.74. The Bertz CT molecular complexity index is 409. The number of ether oxygens (including phenoxy) is 1. The van der Waals surface area contributed by atoms with Crippen molar-refractivity contribution < 1.29 is 4.74 Å². The van der Waals surface area contributed by atoms with Crippen molar-refractivity contribution in [2.24, 2.45) is 5.73 Å². The number of halogens is 1. The van der Waals surface area contributed by atoms with E-state index in [2.05, 4.69) is 24.8 Å². The lowest BCUT2D eigenvalue weighted by Gasteiger charge is -2.33. The Labute approximate surface area is 128 Å². The summed E-state index contributed by atoms with van der Waals surface area (Å²) in [5.74, 6) is 0. The molecule has 1 rings (SSSR count). The smallest absolute Gasteiger partial charge is 0.0637 e. The third-order valence-corrected chi connectivity index (χ3v) is 3.79. The highest BCUT2D eigenvalue weighted by Gasteiger charge is 2.17. The molecule has 1 aromatic carbocycles. The standard InChI is InChI=1S/C16H27ClN2O/c1-5-13(3)19(8-9-20-4)16-7-6-15(17)11-14(16)10-12(2)18/h6-7,11-13H,5,8-10,18H2,1-4H3. The molecule has 2 atom stereocenters. The maximum absolute atomic E-state index is 6.14. The number of benzene rings is 1. The summed E-state index contributed by atoms with van der Waals surface area (Å²) in [5, 5.41) is 0.764. The molecule has 0 fully saturated rings. The van der Waals surface area contributed by atoms with Crippen LogP contribution < -0.4 is 10.6 Å². The van der Waals surface area contributed by atoms with Crippen molar-refractivity contribution >= 4 is 17.3 Å². The largest absolute Gasteiger partial charge is 0.383 e. The monoisotopic (exact) mass is 298 g/mol. The molecule has 0 saturated carbocycles. The van der Waals surface area contributed by atoms with E-state index in [4.69, 9.17) is 22.1 Å². The summed E-state index contributed by atoms with van der Waals surface area (Å²) in [6, 6.07) is 6.65. The van der Waals surface area contributed by atoms with Gasteiger partial charge in [-0.25, -0.2) is 0 Å². The minimum absolute atomic E-state index is 0.119. The van der Waals surface area contributed by atoms with E-state index < -0.39 is 0 Å². The Morgan fingerprint density at radius 3 is 2.60 bits per heavy atom. The fourth-order valence-corrected chi connectivity index (χ4v) is 2.53. The SMILES string of the molecule is CCC(C)N(CCOC)c1ccc(Cl)cc1CC(C)N. The molecule has 0 aromatic heterocycles. The molecule has 0 radical (unpaired) electrons. The van der Waals surface area contributed by atoms with Gasteiger partial charge in [0.15, 0.2) is 0 Å². The fraction of sp³-hybridized carbons (Fsp3) is 0.625. The summed E-state index contributed by atoms with van der Waals surface area (Å²) in [6.07, 6.45) is 1.92. The number of nitrogens with two attached hydrogens (primary N) is 1. The van der Waals surface area contributed by atoms with Crippen LogP contribution in [-0.2, 0) is 11.2 Å². The molecule has 0 heterocycles. The zero-order valence-corrected chi connectivity index (χ0v) is 13.8. The van der Waals surface area contributed by atoms with Crippen LogP contribution in [0.4, 0.5) is 5.69 Å². The van der Waals surface area contributed by atoms with Crippen LogP contribution in [0.25, 0.3) is 0 Å². The topological polar surface area (TPSA) is 38.5 Å². The van der Waals surface area contributed by atoms with Gasteiger partial charge in [-0.3, -0.25) is 0 Å². The van der Waals surface area contributed by atoms with Crippen molar-refractivity contribution in [2.75, 3.05) is 25.2 Å². The van der Waals surface area contributed by atoms with Gasteiger partial charge in [-0.05, 0) is 50.5 Å². The minimum atomic E-state index is 0.119. The van der Waals surface area contributed by atoms with Gasteiger partial charge in [-0.2, -0.15) is 0 Å². The van der Waals surface area contributed by atoms with Crippen LogP contribution in [0, 0.1) is 0 Å². The van der Waals surface area contributed by atoms with Gasteiger partial charge in [-0.15, -0.1) is 0 Å². The molecule has 20 heavy (non-hydrogen) atoms. The van der Waals surface area contributed by atoms with Crippen LogP contribution in [0.2, 0.25) is 5.02 Å². The third kappa shape index (κ3) is 4.97. The Balaban J connectivity index is 3.09. The lowest BCUT2D eigenvalue weighted by molar-refractivity contribution is 0.203. The molecule has 0 aliphatic carbocycles. The first kappa shape index (κ1) is 17.3. The highest BCUT2D eigenvalue weighted by atomic mass is 35.5. The Hall–Kier alpha value is -0.770. The number of hydrogen-bond donors (Lipinski definition) is 1. The summed E-state index contributed by atoms with van der Waals surface area (Å²) in [5.41, 5.74) is 8.40. The normalized spacial score (nSPS) is 14.1. The lowest BCUT2D eigenvalue weighted by atomic mass is 10.0. The van der Waals surface area contributed by atoms with Crippen LogP contribution in [0.15, 0.2) is 18.2 Å². The van der Waals surface area contributed by atoms with E-state index >= 15 is 0 Å². The van der Waals surface area contributed by atoms with Crippen LogP contribution >= 0.6 is 11.6 Å². The number of anilines is 1. The molecule has 0 aliphatic rings. The summed E-state index contributed by atoms with van der Waals surface area (Å²) in [6.45, 7) is 8.04. The van der Waals surface area contributed by atoms with Gasteiger partial charge in [0.25, 0.3) is 0 Å². The first-order valence-electron chi connectivity index (χ1n) is 7.29. The van der Waals surface area contributed by atoms with Crippen LogP contribution in [0.3, 0.4) is 0 Å². The van der Waals surface area contributed by atoms with Gasteiger partial charge in [0.2, 0.25) is 0 Å². The zero-order valence-electron chi connectivity index (χ0n) is 13.0. The van der Waals surface area contributed by atoms with Gasteiger partial charge in [0.05, 0.1) is 6.61 Å². The lowest BCUT2D eigenvalue weighted by Crippen LogP contribution is -2.36. The van der Waals surface area contributed by atoms with E-state index in [0.29, 0.717) is 12.6 Å². The molecule has 4 heteroatoms. The molecule has 0 amide bonds. The van der Waals surface area contributed by atoms with Crippen LogP contribution in [0.1, 0.15) is 32.8 Å². The van der Waals surface area contributed by atoms with E-state index in [0.717, 1.165) is 24.4 Å². The molecule has 2 unspecified atom stereocenters. The molecule has 0 aliphatic heterocycles. The third-order valence-electron chi connectivity index (χ3n) is 3.55. The molecule has 1 aromatic rings. The van der Waals surface area contributed by atoms with Crippen LogP contribution in [0.5, 0.6) is 0 Å². The Morgan fingerprint density at radius 2 is 2.05 bits per heavy atom. The molecule has 0 bridgehead atoms. The molecule has 0 spiro atoms. The van der Waals surface area contributed by atoms with E-state index in [1.54, 1.807) is 7.11 Å². The fourth-order valence-electron chi connectivity index (χ4n) is 2.33. The van der Waals surface area contributed by atoms with E-state index in [9.17, 15) is 0 Å². The summed E-state index contributed by atoms with van der Waals surface area (Å²) < 4.78 is 5.24. The molecular formula is C16H27ClN2O.